The molecule has 8 aliphatic rings. The molecule has 4 aromatic carbocycles. The van der Waals surface area contributed by atoms with Gasteiger partial charge in [-0.05, 0) is 189 Å². The Kier molecular flexibility index (Phi) is 32.1. The van der Waals surface area contributed by atoms with Crippen LogP contribution in [0.25, 0.3) is 0 Å². The Balaban J connectivity index is 0.000000163. The number of rotatable bonds is 26. The van der Waals surface area contributed by atoms with Crippen molar-refractivity contribution < 1.29 is 111 Å². The lowest BCUT2D eigenvalue weighted by molar-refractivity contribution is -0.138. The van der Waals surface area contributed by atoms with Crippen molar-refractivity contribution in [2.75, 3.05) is 52.4 Å². The highest BCUT2D eigenvalue weighted by Gasteiger charge is 2.42. The van der Waals surface area contributed by atoms with E-state index >= 15 is 0 Å². The molecule has 128 heavy (non-hydrogen) atoms. The summed E-state index contributed by atoms with van der Waals surface area (Å²) in [6, 6.07) is 10.5. The van der Waals surface area contributed by atoms with Crippen LogP contribution in [0.2, 0.25) is 0 Å². The fourth-order valence-corrected chi connectivity index (χ4v) is 15.1. The zero-order chi connectivity index (χ0) is 92.9. The lowest BCUT2D eigenvalue weighted by Gasteiger charge is -2.40. The van der Waals surface area contributed by atoms with E-state index < -0.39 is 117 Å². The third-order valence-electron chi connectivity index (χ3n) is 22.4. The maximum absolute atomic E-state index is 14.2. The van der Waals surface area contributed by atoms with E-state index in [9.17, 15) is 81.5 Å². The van der Waals surface area contributed by atoms with Gasteiger partial charge in [0.15, 0.2) is 46.5 Å². The van der Waals surface area contributed by atoms with Crippen molar-refractivity contribution >= 4 is 48.8 Å². The highest BCUT2D eigenvalue weighted by Crippen LogP contribution is 2.44. The third-order valence-corrected chi connectivity index (χ3v) is 22.4. The number of carbonyl (C=O) groups is 8. The maximum atomic E-state index is 14.2. The van der Waals surface area contributed by atoms with Crippen molar-refractivity contribution in [2.45, 2.75) is 227 Å². The molecule has 8 fully saturated rings. The molecule has 0 unspecified atom stereocenters. The normalized spacial score (nSPS) is 17.2. The molecule has 692 valence electrons. The molecule has 4 saturated carbocycles. The number of carboxylic acid groups (broad SMARTS) is 2. The van der Waals surface area contributed by atoms with Crippen LogP contribution < -0.4 is 22.1 Å². The first-order chi connectivity index (χ1) is 60.6. The van der Waals surface area contributed by atoms with Gasteiger partial charge in [0.1, 0.15) is 34.5 Å². The minimum absolute atomic E-state index is 0.0254. The highest BCUT2D eigenvalue weighted by molar-refractivity contribution is 5.80. The predicted octanol–water partition coefficient (Wildman–Crippen LogP) is 12.6. The number of carbonyl (C=O) groups excluding carboxylic acids is 6. The first kappa shape index (κ1) is 96.8. The number of halogens is 12. The Morgan fingerprint density at radius 2 is 0.656 bits per heavy atom. The third kappa shape index (κ3) is 27.1. The second-order valence-electron chi connectivity index (χ2n) is 35.2. The van der Waals surface area contributed by atoms with Crippen LogP contribution in [0.4, 0.5) is 62.3 Å². The van der Waals surface area contributed by atoms with Crippen LogP contribution in [-0.4, -0.2) is 205 Å². The molecule has 4 aliphatic carbocycles. The number of likely N-dealkylation sites (tertiary alicyclic amines) is 4. The largest absolute Gasteiger partial charge is 0.483 e. The quantitative estimate of drug-likeness (QED) is 0.0167. The summed E-state index contributed by atoms with van der Waals surface area (Å²) in [6.07, 6.45) is 14.6. The molecule has 0 radical (unpaired) electrons. The molecule has 4 aliphatic heterocycles. The highest BCUT2D eigenvalue weighted by atomic mass is 19.2. The van der Waals surface area contributed by atoms with Crippen LogP contribution in [-0.2, 0) is 63.9 Å². The van der Waals surface area contributed by atoms with Gasteiger partial charge in [0.05, 0.1) is 35.6 Å². The van der Waals surface area contributed by atoms with Crippen LogP contribution >= 0.6 is 0 Å². The van der Waals surface area contributed by atoms with Crippen LogP contribution in [0.3, 0.4) is 0 Å². The van der Waals surface area contributed by atoms with E-state index in [0.29, 0.717) is 100 Å². The van der Waals surface area contributed by atoms with E-state index in [1.165, 1.54) is 37.1 Å². The van der Waals surface area contributed by atoms with E-state index in [4.69, 9.17) is 40.7 Å². The summed E-state index contributed by atoms with van der Waals surface area (Å²) in [6.45, 7) is 13.8. The number of aromatic nitrogens is 8. The number of nitrogens with two attached hydrogens (primary N) is 2. The fraction of sp³-hybridized carbons (Fsp3) is 0.500. The van der Waals surface area contributed by atoms with E-state index in [2.05, 4.69) is 31.0 Å². The smallest absolute Gasteiger partial charge is 0.407 e. The minimum Gasteiger partial charge on any atom is -0.483 e. The second-order valence-corrected chi connectivity index (χ2v) is 35.2. The van der Waals surface area contributed by atoms with Gasteiger partial charge in [0, 0.05) is 186 Å². The van der Waals surface area contributed by atoms with Gasteiger partial charge in [-0.25, -0.2) is 62.3 Å². The van der Waals surface area contributed by atoms with Gasteiger partial charge in [0.2, 0.25) is 23.6 Å². The molecule has 0 spiro atoms. The molecule has 16 rings (SSSR count). The van der Waals surface area contributed by atoms with E-state index in [0.717, 1.165) is 61.3 Å². The molecule has 8 heterocycles. The topological polar surface area (TPSA) is 356 Å². The van der Waals surface area contributed by atoms with Crippen LogP contribution in [0, 0.1) is 69.8 Å². The molecule has 4 atom stereocenters. The Labute approximate surface area is 729 Å². The second kappa shape index (κ2) is 42.4. The van der Waals surface area contributed by atoms with E-state index in [1.807, 2.05) is 55.4 Å². The van der Waals surface area contributed by atoms with Crippen molar-refractivity contribution in [2.24, 2.45) is 11.5 Å². The zero-order valence-corrected chi connectivity index (χ0v) is 71.3. The van der Waals surface area contributed by atoms with Gasteiger partial charge in [-0.3, -0.25) is 47.5 Å². The molecule has 4 saturated heterocycles. The standard InChI is InChI=1S/2C24H29F3N4O3.2C19H21F3N4O.2CH2O2/c1-24(2,3)34-23(33)28-16(8-15-9-19(26)20(27)11-18(15)25)10-22(32)30-12-17(13-30)31-7-6-21(29-31)14-4-5-14;1-24(2,3)34-23(33)29-16(8-15-9-19(26)20(27)11-18(15)25)10-22(32)30-12-17(13-30)31-21(6-7-28-31)14-4-5-14;20-15-8-17(22)16(21)6-12(15)5-13(23)7-19(27)25-9-14(10-25)26-4-3-18(24-26)11-1-2-11;20-15-8-17(22)16(21)6-12(15)5-13(23)7-19(27)25-9-14(10-25)26-18(3-4-24-26)11-1-2-11;2*2-1-3/h6-7,9,11,14,16-17H,4-5,8,10,12-13H2,1-3H3,(H,28,33);6-7,9,11,14,16-17H,4-5,8,10,12-13H2,1-3H3,(H,29,33);2*3-4,6,8,11,13-14H,1-2,5,7,9-10,23H2;2*1H,(H,2,3)/t2*16-;2*13-;;/m1111../s1. The first-order valence-electron chi connectivity index (χ1n) is 42.1. The van der Waals surface area contributed by atoms with Crippen molar-refractivity contribution in [3.63, 3.8) is 0 Å². The summed E-state index contributed by atoms with van der Waals surface area (Å²) in [5, 5.41) is 36.9. The summed E-state index contributed by atoms with van der Waals surface area (Å²) >= 11 is 0. The molecule has 28 nitrogen and oxygen atoms in total. The molecular formula is C88H104F12N16O12. The molecule has 6 amide bonds. The first-order valence-corrected chi connectivity index (χ1v) is 42.1. The van der Waals surface area contributed by atoms with Crippen LogP contribution in [0.5, 0.6) is 0 Å². The van der Waals surface area contributed by atoms with Crippen molar-refractivity contribution in [1.29, 1.82) is 0 Å². The van der Waals surface area contributed by atoms with Gasteiger partial charge in [0.25, 0.3) is 12.9 Å². The lowest BCUT2D eigenvalue weighted by atomic mass is 10.00. The maximum Gasteiger partial charge on any atom is 0.407 e. The summed E-state index contributed by atoms with van der Waals surface area (Å²) in [5.74, 6) is -11.8. The summed E-state index contributed by atoms with van der Waals surface area (Å²) in [7, 11) is 0. The number of nitrogens with zero attached hydrogens (tertiary/aromatic N) is 12. The van der Waals surface area contributed by atoms with Crippen molar-refractivity contribution in [3.05, 3.63) is 212 Å². The summed E-state index contributed by atoms with van der Waals surface area (Å²) in [4.78, 5) is 98.5. The molecule has 8 aromatic rings. The van der Waals surface area contributed by atoms with Gasteiger partial charge >= 0.3 is 12.2 Å². The molecule has 40 heteroatoms. The number of nitrogens with one attached hydrogen (secondary N) is 2. The number of hydrogen-bond donors (Lipinski definition) is 6. The van der Waals surface area contributed by atoms with Crippen molar-refractivity contribution in [1.82, 2.24) is 69.4 Å². The average molecular weight is 1810 g/mol. The fourth-order valence-electron chi connectivity index (χ4n) is 15.1. The Morgan fingerprint density at radius 1 is 0.398 bits per heavy atom. The van der Waals surface area contributed by atoms with Gasteiger partial charge in [-0.1, -0.05) is 0 Å². The Morgan fingerprint density at radius 3 is 0.930 bits per heavy atom. The molecule has 0 bridgehead atoms. The molecule has 8 N–H and O–H groups in total. The number of benzene rings is 4. The monoisotopic (exact) mass is 1800 g/mol. The number of amides is 6. The number of alkyl carbamates (subject to hydrolysis) is 2. The number of hydrogen-bond acceptors (Lipinski definition) is 16. The number of ether oxygens (including phenoxy) is 2. The Bertz CT molecular complexity index is 5230. The van der Waals surface area contributed by atoms with Gasteiger partial charge in [-0.2, -0.15) is 20.4 Å². The van der Waals surface area contributed by atoms with Gasteiger partial charge < -0.3 is 61.4 Å². The van der Waals surface area contributed by atoms with E-state index in [-0.39, 0.29) is 134 Å². The molecular weight excluding hydrogens is 1700 g/mol. The molecule has 4 aromatic heterocycles. The SMILES string of the molecule is CC(C)(C)OC(=O)N[C@@H](CC(=O)N1CC(n2ccc(C3CC3)n2)C1)Cc1cc(F)c(F)cc1F.CC(C)(C)OC(=O)N[C@@H](CC(=O)N1CC(n2nccc2C2CC2)C1)Cc1cc(F)c(F)cc1F.N[C@@H](CC(=O)N1CC(n2ccc(C3CC3)n2)C1)Cc1cc(F)c(F)cc1F.N[C@@H](CC(=O)N1CC(n2nccc2C2CC2)C1)Cc1cc(F)c(F)cc1F.O=CO.O=CO. The average Bonchev–Trinajstić information content (AvgIpc) is 1.64. The summed E-state index contributed by atoms with van der Waals surface area (Å²) in [5.41, 5.74) is 14.6. The van der Waals surface area contributed by atoms with E-state index in [1.54, 1.807) is 73.5 Å². The zero-order valence-electron chi connectivity index (χ0n) is 71.3. The van der Waals surface area contributed by atoms with Crippen LogP contribution in [0.15, 0.2) is 97.6 Å². The Hall–Kier alpha value is -11.8. The van der Waals surface area contributed by atoms with Gasteiger partial charge in [-0.15, -0.1) is 0 Å². The van der Waals surface area contributed by atoms with Crippen LogP contribution in [0.1, 0.15) is 211 Å². The summed E-state index contributed by atoms with van der Waals surface area (Å²) < 4.78 is 181. The predicted molar refractivity (Wildman–Crippen MR) is 437 cm³/mol. The van der Waals surface area contributed by atoms with Crippen molar-refractivity contribution in [3.8, 4) is 0 Å². The minimum atomic E-state index is -1.30. The lowest BCUT2D eigenvalue weighted by Crippen LogP contribution is -2.53.